The first-order chi connectivity index (χ1) is 41.7. The van der Waals surface area contributed by atoms with E-state index in [9.17, 15) is 19.2 Å². The van der Waals surface area contributed by atoms with Crippen LogP contribution in [0.25, 0.3) is 0 Å². The molecule has 0 spiro atoms. The van der Waals surface area contributed by atoms with Crippen molar-refractivity contribution in [3.05, 3.63) is 11.9 Å². The van der Waals surface area contributed by atoms with Gasteiger partial charge < -0.3 is 53.8 Å². The van der Waals surface area contributed by atoms with E-state index in [2.05, 4.69) is 51.6 Å². The monoisotopic (exact) mass is 1210 g/mol. The molecule has 0 aliphatic heterocycles. The van der Waals surface area contributed by atoms with Crippen LogP contribution < -0.4 is 11.1 Å². The molecule has 0 aliphatic carbocycles. The number of carbonyl (C=O) groups excluding carboxylic acids is 4. The summed E-state index contributed by atoms with van der Waals surface area (Å²) in [6.07, 6.45) is 41.9. The van der Waals surface area contributed by atoms with Crippen LogP contribution in [0.5, 0.6) is 0 Å². The molecular weight excluding hydrogens is 1080 g/mol. The van der Waals surface area contributed by atoms with Crippen molar-refractivity contribution in [2.45, 2.75) is 285 Å². The summed E-state index contributed by atoms with van der Waals surface area (Å²) in [6.45, 7) is 21.0. The number of carbonyl (C=O) groups is 4. The second-order valence-corrected chi connectivity index (χ2v) is 23.3. The minimum absolute atomic E-state index is 0.00851. The second kappa shape index (κ2) is 65.3. The number of ether oxygens (including phenoxy) is 8. The largest absolute Gasteiger partial charge is 0.465 e. The molecule has 500 valence electrons. The summed E-state index contributed by atoms with van der Waals surface area (Å²) >= 11 is 0. The molecule has 0 aliphatic rings. The van der Waals surface area contributed by atoms with Crippen LogP contribution in [0.1, 0.15) is 279 Å². The molecule has 3 unspecified atom stereocenters. The van der Waals surface area contributed by atoms with E-state index in [-0.39, 0.29) is 42.0 Å². The van der Waals surface area contributed by atoms with Crippen molar-refractivity contribution in [1.29, 1.82) is 0 Å². The smallest absolute Gasteiger partial charge is 0.308 e. The highest BCUT2D eigenvalue weighted by Gasteiger charge is 2.26. The van der Waals surface area contributed by atoms with E-state index in [0.717, 1.165) is 128 Å². The lowest BCUT2D eigenvalue weighted by Gasteiger charge is -2.28. The van der Waals surface area contributed by atoms with Gasteiger partial charge in [-0.1, -0.05) is 208 Å². The molecule has 0 rings (SSSR count). The maximum absolute atomic E-state index is 14.4. The summed E-state index contributed by atoms with van der Waals surface area (Å²) in [5.41, 5.74) is 5.42. The predicted molar refractivity (Wildman–Crippen MR) is 348 cm³/mol. The maximum Gasteiger partial charge on any atom is 0.308 e. The molecule has 0 aromatic carbocycles. The number of hydrogen-bond donors (Lipinski definition) is 2. The molecule has 0 bridgehead atoms. The zero-order valence-electron chi connectivity index (χ0n) is 55.6. The van der Waals surface area contributed by atoms with Crippen molar-refractivity contribution >= 4 is 30.5 Å². The van der Waals surface area contributed by atoms with Crippen LogP contribution in [-0.2, 0) is 57.1 Å². The molecular formula is C69H132N4O12. The van der Waals surface area contributed by atoms with Crippen molar-refractivity contribution in [2.24, 2.45) is 22.6 Å². The molecule has 0 heterocycles. The van der Waals surface area contributed by atoms with Crippen LogP contribution >= 0.6 is 0 Å². The Morgan fingerprint density at radius 2 is 0.788 bits per heavy atom. The van der Waals surface area contributed by atoms with Crippen molar-refractivity contribution < 1.29 is 57.1 Å². The van der Waals surface area contributed by atoms with Gasteiger partial charge in [-0.05, 0) is 77.3 Å². The van der Waals surface area contributed by atoms with E-state index in [1.807, 2.05) is 4.90 Å². The molecule has 85 heavy (non-hydrogen) atoms. The molecule has 3 atom stereocenters. The summed E-state index contributed by atoms with van der Waals surface area (Å²) in [5, 5.41) is 2.65. The average Bonchev–Trinajstić information content (AvgIpc) is 3.53. The quantitative estimate of drug-likeness (QED) is 0.0253. The molecule has 0 aromatic rings. The highest BCUT2D eigenvalue weighted by atomic mass is 16.6. The van der Waals surface area contributed by atoms with E-state index in [1.54, 1.807) is 0 Å². The Kier molecular flexibility index (Phi) is 62.9. The normalized spacial score (nSPS) is 12.7. The van der Waals surface area contributed by atoms with Gasteiger partial charge in [0.1, 0.15) is 5.70 Å². The van der Waals surface area contributed by atoms with Crippen LogP contribution in [0.15, 0.2) is 16.9 Å². The fraction of sp³-hybridized carbons (Fsp3) is 0.899. The molecule has 0 radical (unpaired) electrons. The van der Waals surface area contributed by atoms with Gasteiger partial charge in [-0.25, -0.2) is 0 Å². The number of unbranched alkanes of at least 4 members (excludes halogenated alkanes) is 27. The molecule has 3 N–H and O–H groups in total. The molecule has 0 saturated carbocycles. The molecule has 0 fully saturated rings. The van der Waals surface area contributed by atoms with Crippen molar-refractivity contribution in [3.63, 3.8) is 0 Å². The van der Waals surface area contributed by atoms with Crippen LogP contribution in [0.4, 0.5) is 0 Å². The Balaban J connectivity index is 5.36. The van der Waals surface area contributed by atoms with E-state index in [4.69, 9.17) is 43.6 Å². The number of nitrogens with one attached hydrogen (secondary N) is 1. The van der Waals surface area contributed by atoms with E-state index >= 15 is 0 Å². The lowest BCUT2D eigenvalue weighted by atomic mass is 9.94. The standard InChI is InChI=1S/C69H132N4O12/c1-7-12-17-22-25-34-43-62(41-32-20-15-10-4)68(76)84-50-39-29-28-37-48-82-61-65(83-49-38-30-31-40-51-85-69(77)63(42-33-21-16-11-5)44-35-26-23-18-13-8-2)67(75)73(46-36-27-24-19-14-9-3)47-53-79-55-57-81-59-58-80-56-54-78-52-45-72-66(74)64(60-70)71-6/h60,62-63,65H,6-59,61,70H2,1-5H3,(H,72,74)/b64-60-. The molecule has 0 saturated heterocycles. The van der Waals surface area contributed by atoms with Crippen molar-refractivity contribution in [3.8, 4) is 0 Å². The fourth-order valence-corrected chi connectivity index (χ4v) is 10.2. The van der Waals surface area contributed by atoms with Crippen molar-refractivity contribution in [2.75, 3.05) is 106 Å². The van der Waals surface area contributed by atoms with Gasteiger partial charge in [0.15, 0.2) is 6.10 Å². The predicted octanol–water partition coefficient (Wildman–Crippen LogP) is 15.1. The SMILES string of the molecule is C=N/C(=C\N)C(=O)NCCOCCOCCOCCOCCN(CCCCCCCC)C(=O)C(COCCCCCCOC(=O)C(CCCCCC)CCCCCCCC)OCCCCCCOC(=O)C(CCCCCC)CCCCCCCC. The summed E-state index contributed by atoms with van der Waals surface area (Å²) in [6, 6.07) is 0. The highest BCUT2D eigenvalue weighted by molar-refractivity contribution is 5.93. The maximum atomic E-state index is 14.4. The van der Waals surface area contributed by atoms with Gasteiger partial charge in [0.05, 0.1) is 84.5 Å². The van der Waals surface area contributed by atoms with Gasteiger partial charge in [-0.15, -0.1) is 0 Å². The first-order valence-corrected chi connectivity index (χ1v) is 35.0. The van der Waals surface area contributed by atoms with Crippen LogP contribution in [-0.4, -0.2) is 147 Å². The third-order valence-electron chi connectivity index (χ3n) is 15.7. The number of aliphatic imine (C=N–C) groups is 1. The van der Waals surface area contributed by atoms with E-state index < -0.39 is 12.0 Å². The minimum Gasteiger partial charge on any atom is -0.465 e. The van der Waals surface area contributed by atoms with E-state index in [0.29, 0.717) is 98.9 Å². The Bertz CT molecular complexity index is 1540. The number of amides is 2. The fourth-order valence-electron chi connectivity index (χ4n) is 10.2. The average molecular weight is 1210 g/mol. The number of hydrogen-bond acceptors (Lipinski definition) is 14. The molecule has 16 heteroatoms. The van der Waals surface area contributed by atoms with Crippen LogP contribution in [0.2, 0.25) is 0 Å². The first-order valence-electron chi connectivity index (χ1n) is 35.0. The summed E-state index contributed by atoms with van der Waals surface area (Å²) in [5.74, 6) is -0.471. The van der Waals surface area contributed by atoms with Gasteiger partial charge in [0, 0.05) is 39.0 Å². The van der Waals surface area contributed by atoms with Gasteiger partial charge in [-0.3, -0.25) is 24.2 Å². The summed E-state index contributed by atoms with van der Waals surface area (Å²) in [7, 11) is 0. The highest BCUT2D eigenvalue weighted by Crippen LogP contribution is 2.23. The zero-order chi connectivity index (χ0) is 62.2. The summed E-state index contributed by atoms with van der Waals surface area (Å²) < 4.78 is 47.2. The lowest BCUT2D eigenvalue weighted by Crippen LogP contribution is -2.45. The minimum atomic E-state index is -0.732. The first kappa shape index (κ1) is 81.8. The second-order valence-electron chi connectivity index (χ2n) is 23.3. The summed E-state index contributed by atoms with van der Waals surface area (Å²) in [4.78, 5) is 58.2. The molecule has 0 aromatic heterocycles. The molecule has 16 nitrogen and oxygen atoms in total. The number of nitrogens with zero attached hydrogens (tertiary/aromatic N) is 2. The molecule has 2 amide bonds. The van der Waals surface area contributed by atoms with E-state index in [1.165, 1.54) is 122 Å². The van der Waals surface area contributed by atoms with Gasteiger partial charge in [0.2, 0.25) is 0 Å². The van der Waals surface area contributed by atoms with Crippen LogP contribution in [0, 0.1) is 11.8 Å². The van der Waals surface area contributed by atoms with Gasteiger partial charge in [-0.2, -0.15) is 0 Å². The van der Waals surface area contributed by atoms with Crippen LogP contribution in [0.3, 0.4) is 0 Å². The Labute approximate surface area is 520 Å². The Hall–Kier alpha value is -3.15. The number of rotatable bonds is 68. The van der Waals surface area contributed by atoms with Gasteiger partial charge in [0.25, 0.3) is 11.8 Å². The Morgan fingerprint density at radius 3 is 1.22 bits per heavy atom. The zero-order valence-corrected chi connectivity index (χ0v) is 55.6. The topological polar surface area (TPSA) is 196 Å². The third kappa shape index (κ3) is 52.5. The van der Waals surface area contributed by atoms with Gasteiger partial charge >= 0.3 is 11.9 Å². The Morgan fingerprint density at radius 1 is 0.424 bits per heavy atom. The third-order valence-corrected chi connectivity index (χ3v) is 15.7. The number of esters is 2. The number of nitrogens with two attached hydrogens (primary N) is 1. The van der Waals surface area contributed by atoms with Crippen molar-refractivity contribution in [1.82, 2.24) is 10.2 Å². The lowest BCUT2D eigenvalue weighted by molar-refractivity contribution is -0.150.